The van der Waals surface area contributed by atoms with Crippen LogP contribution in [0.5, 0.6) is 5.88 Å². The van der Waals surface area contributed by atoms with Crippen molar-refractivity contribution in [3.05, 3.63) is 33.9 Å². The van der Waals surface area contributed by atoms with Gasteiger partial charge in [0.05, 0.1) is 37.3 Å². The molecule has 8 nitrogen and oxygen atoms in total. The van der Waals surface area contributed by atoms with Gasteiger partial charge in [0.2, 0.25) is 5.88 Å². The number of ether oxygens (including phenoxy) is 3. The first-order chi connectivity index (χ1) is 13.4. The molecule has 0 amide bonds. The summed E-state index contributed by atoms with van der Waals surface area (Å²) in [5, 5.41) is 0. The number of aryl methyl sites for hydroxylation is 2. The first-order valence-electron chi connectivity index (χ1n) is 9.29. The van der Waals surface area contributed by atoms with E-state index < -0.39 is 0 Å². The van der Waals surface area contributed by atoms with Crippen LogP contribution in [0.3, 0.4) is 0 Å². The van der Waals surface area contributed by atoms with E-state index in [9.17, 15) is 4.79 Å². The van der Waals surface area contributed by atoms with Gasteiger partial charge >= 0.3 is 0 Å². The van der Waals surface area contributed by atoms with E-state index in [4.69, 9.17) is 19.2 Å². The minimum absolute atomic E-state index is 0.0666. The van der Waals surface area contributed by atoms with Gasteiger partial charge in [-0.05, 0) is 26.3 Å². The van der Waals surface area contributed by atoms with E-state index in [-0.39, 0.29) is 17.7 Å². The quantitative estimate of drug-likeness (QED) is 0.745. The Kier molecular flexibility index (Phi) is 6.00. The second kappa shape index (κ2) is 8.28. The minimum Gasteiger partial charge on any atom is -0.481 e. The maximum Gasteiger partial charge on any atom is 0.277 e. The van der Waals surface area contributed by atoms with E-state index in [1.807, 2.05) is 19.9 Å². The molecule has 1 aliphatic rings. The van der Waals surface area contributed by atoms with Crippen molar-refractivity contribution in [3.63, 3.8) is 0 Å². The number of hydrogen-bond donors (Lipinski definition) is 0. The van der Waals surface area contributed by atoms with Crippen LogP contribution in [0.2, 0.25) is 0 Å². The Labute approximate surface area is 165 Å². The second-order valence-corrected chi connectivity index (χ2v) is 7.08. The number of methoxy groups -OCH3 is 3. The van der Waals surface area contributed by atoms with E-state index in [0.717, 1.165) is 17.7 Å². The smallest absolute Gasteiger partial charge is 0.277 e. The first-order valence-corrected chi connectivity index (χ1v) is 9.29. The molecular formula is C20H28N4O4. The number of aromatic nitrogens is 3. The summed E-state index contributed by atoms with van der Waals surface area (Å²) in [5.74, 6) is 1.12. The van der Waals surface area contributed by atoms with Gasteiger partial charge in [0.25, 0.3) is 5.56 Å². The third-order valence-corrected chi connectivity index (χ3v) is 5.31. The average molecular weight is 388 g/mol. The summed E-state index contributed by atoms with van der Waals surface area (Å²) in [7, 11) is 6.69. The van der Waals surface area contributed by atoms with Crippen LogP contribution in [-0.4, -0.2) is 61.2 Å². The number of rotatable bonds is 6. The molecule has 0 saturated carbocycles. The third kappa shape index (κ3) is 3.62. The molecule has 152 valence electrons. The largest absolute Gasteiger partial charge is 0.481 e. The maximum atomic E-state index is 13.3. The van der Waals surface area contributed by atoms with Crippen LogP contribution in [0.1, 0.15) is 17.8 Å². The van der Waals surface area contributed by atoms with Crippen molar-refractivity contribution in [1.82, 2.24) is 14.5 Å². The van der Waals surface area contributed by atoms with E-state index in [1.54, 1.807) is 39.0 Å². The summed E-state index contributed by atoms with van der Waals surface area (Å²) in [6.07, 6.45) is 0.882. The normalized spacial score (nSPS) is 19.3. The van der Waals surface area contributed by atoms with Gasteiger partial charge in [0, 0.05) is 39.4 Å². The van der Waals surface area contributed by atoms with Crippen LogP contribution in [0.15, 0.2) is 16.9 Å². The zero-order chi connectivity index (χ0) is 20.4. The molecule has 2 unspecified atom stereocenters. The number of hydrogen-bond acceptors (Lipinski definition) is 7. The van der Waals surface area contributed by atoms with Crippen LogP contribution in [0, 0.1) is 13.8 Å². The summed E-state index contributed by atoms with van der Waals surface area (Å²) in [5.41, 5.74) is 2.76. The highest BCUT2D eigenvalue weighted by Crippen LogP contribution is 2.29. The number of anilines is 1. The Balaban J connectivity index is 2.07. The molecule has 0 N–H and O–H groups in total. The summed E-state index contributed by atoms with van der Waals surface area (Å²) >= 11 is 0. The lowest BCUT2D eigenvalue weighted by atomic mass is 10.1. The molecule has 0 bridgehead atoms. The predicted molar refractivity (Wildman–Crippen MR) is 107 cm³/mol. The highest BCUT2D eigenvalue weighted by molar-refractivity contribution is 5.62. The molecular weight excluding hydrogens is 360 g/mol. The van der Waals surface area contributed by atoms with E-state index in [2.05, 4.69) is 9.88 Å². The molecule has 1 fully saturated rings. The molecule has 3 heterocycles. The average Bonchev–Trinajstić information content (AvgIpc) is 3.08. The summed E-state index contributed by atoms with van der Waals surface area (Å²) in [4.78, 5) is 24.6. The third-order valence-electron chi connectivity index (χ3n) is 5.31. The van der Waals surface area contributed by atoms with Crippen LogP contribution < -0.4 is 15.2 Å². The Hall–Kier alpha value is -2.45. The molecule has 1 aliphatic heterocycles. The zero-order valence-corrected chi connectivity index (χ0v) is 17.4. The van der Waals surface area contributed by atoms with Crippen molar-refractivity contribution in [2.45, 2.75) is 32.4 Å². The fourth-order valence-corrected chi connectivity index (χ4v) is 3.82. The van der Waals surface area contributed by atoms with Crippen molar-refractivity contribution in [2.75, 3.05) is 39.4 Å². The van der Waals surface area contributed by atoms with E-state index >= 15 is 0 Å². The maximum absolute atomic E-state index is 13.3. The van der Waals surface area contributed by atoms with E-state index in [1.165, 1.54) is 0 Å². The van der Waals surface area contributed by atoms with Crippen LogP contribution in [0.25, 0.3) is 11.4 Å². The molecule has 0 aliphatic carbocycles. The van der Waals surface area contributed by atoms with E-state index in [0.29, 0.717) is 36.2 Å². The fraction of sp³-hybridized carbons (Fsp3) is 0.550. The molecule has 2 aromatic rings. The van der Waals surface area contributed by atoms with Crippen molar-refractivity contribution in [2.24, 2.45) is 7.05 Å². The number of nitrogens with zero attached hydrogens (tertiary/aromatic N) is 4. The Morgan fingerprint density at radius 2 is 1.89 bits per heavy atom. The highest BCUT2D eigenvalue weighted by Gasteiger charge is 2.35. The summed E-state index contributed by atoms with van der Waals surface area (Å²) < 4.78 is 17.7. The molecule has 0 spiro atoms. The lowest BCUT2D eigenvalue weighted by molar-refractivity contribution is 0.111. The first kappa shape index (κ1) is 20.3. The van der Waals surface area contributed by atoms with Crippen LogP contribution in [-0.2, 0) is 16.5 Å². The Bertz CT molecular complexity index is 912. The SMILES string of the molecule is COCC1CC(OC)CN1c1c(C)nc(-c2ccc(OC)nc2C)n(C)c1=O. The van der Waals surface area contributed by atoms with Gasteiger partial charge in [-0.3, -0.25) is 9.36 Å². The molecule has 2 atom stereocenters. The van der Waals surface area contributed by atoms with Crippen LogP contribution >= 0.6 is 0 Å². The van der Waals surface area contributed by atoms with Gasteiger partial charge < -0.3 is 19.1 Å². The zero-order valence-electron chi connectivity index (χ0n) is 17.4. The topological polar surface area (TPSA) is 78.7 Å². The highest BCUT2D eigenvalue weighted by atomic mass is 16.5. The van der Waals surface area contributed by atoms with Gasteiger partial charge in [0.15, 0.2) is 0 Å². The molecule has 0 aromatic carbocycles. The van der Waals surface area contributed by atoms with Crippen molar-refractivity contribution in [3.8, 4) is 17.3 Å². The van der Waals surface area contributed by atoms with Crippen LogP contribution in [0.4, 0.5) is 5.69 Å². The van der Waals surface area contributed by atoms with Gasteiger partial charge in [0.1, 0.15) is 11.5 Å². The van der Waals surface area contributed by atoms with Gasteiger partial charge in [-0.1, -0.05) is 0 Å². The molecule has 0 radical (unpaired) electrons. The molecule has 3 rings (SSSR count). The van der Waals surface area contributed by atoms with Crippen molar-refractivity contribution in [1.29, 1.82) is 0 Å². The van der Waals surface area contributed by atoms with Gasteiger partial charge in [-0.15, -0.1) is 0 Å². The molecule has 2 aromatic heterocycles. The predicted octanol–water partition coefficient (Wildman–Crippen LogP) is 1.71. The molecule has 8 heteroatoms. The lowest BCUT2D eigenvalue weighted by Crippen LogP contribution is -2.39. The standard InChI is InChI=1S/C20H28N4O4/c1-12-16(7-8-17(21-12)28-6)19-22-13(2)18(20(25)23(19)3)24-10-15(27-5)9-14(24)11-26-4/h7-8,14-15H,9-11H2,1-6H3. The fourth-order valence-electron chi connectivity index (χ4n) is 3.82. The Morgan fingerprint density at radius 3 is 2.50 bits per heavy atom. The summed E-state index contributed by atoms with van der Waals surface area (Å²) in [6.45, 7) is 4.93. The monoisotopic (exact) mass is 388 g/mol. The van der Waals surface area contributed by atoms with Gasteiger partial charge in [-0.2, -0.15) is 0 Å². The summed E-state index contributed by atoms with van der Waals surface area (Å²) in [6, 6.07) is 3.74. The van der Waals surface area contributed by atoms with Crippen molar-refractivity contribution >= 4 is 5.69 Å². The number of pyridine rings is 1. The molecule has 1 saturated heterocycles. The van der Waals surface area contributed by atoms with Crippen molar-refractivity contribution < 1.29 is 14.2 Å². The molecule has 28 heavy (non-hydrogen) atoms. The second-order valence-electron chi connectivity index (χ2n) is 7.08. The lowest BCUT2D eigenvalue weighted by Gasteiger charge is -2.27. The minimum atomic E-state index is -0.0874. The van der Waals surface area contributed by atoms with Gasteiger partial charge in [-0.25, -0.2) is 9.97 Å². The Morgan fingerprint density at radius 1 is 1.14 bits per heavy atom.